The second-order valence-corrected chi connectivity index (χ2v) is 5.80. The van der Waals surface area contributed by atoms with Crippen LogP contribution in [0.3, 0.4) is 0 Å². The molecular formula is C19H20ClFO3. The summed E-state index contributed by atoms with van der Waals surface area (Å²) in [5.74, 6) is -0.150. The van der Waals surface area contributed by atoms with Crippen molar-refractivity contribution in [1.82, 2.24) is 0 Å². The molecule has 24 heavy (non-hydrogen) atoms. The number of carbonyl (C=O) groups excluding carboxylic acids is 1. The molecule has 0 aliphatic heterocycles. The summed E-state index contributed by atoms with van der Waals surface area (Å²) in [4.78, 5) is 11.5. The van der Waals surface area contributed by atoms with Crippen LogP contribution in [0.2, 0.25) is 5.02 Å². The molecular weight excluding hydrogens is 331 g/mol. The Morgan fingerprint density at radius 1 is 1.21 bits per heavy atom. The summed E-state index contributed by atoms with van der Waals surface area (Å²) in [6, 6.07) is 8.04. The molecule has 0 atom stereocenters. The van der Waals surface area contributed by atoms with Crippen LogP contribution in [0.15, 0.2) is 30.3 Å². The van der Waals surface area contributed by atoms with Gasteiger partial charge >= 0.3 is 5.97 Å². The Morgan fingerprint density at radius 2 is 1.96 bits per heavy atom. The molecule has 0 radical (unpaired) electrons. The Hall–Kier alpha value is -2.07. The van der Waals surface area contributed by atoms with E-state index in [2.05, 4.69) is 0 Å². The van der Waals surface area contributed by atoms with Crippen molar-refractivity contribution in [3.8, 4) is 11.5 Å². The summed E-state index contributed by atoms with van der Waals surface area (Å²) in [6.45, 7) is 5.55. The van der Waals surface area contributed by atoms with Gasteiger partial charge in [0.25, 0.3) is 0 Å². The highest BCUT2D eigenvalue weighted by atomic mass is 35.5. The number of hydrogen-bond donors (Lipinski definition) is 0. The predicted octanol–water partition coefficient (Wildman–Crippen LogP) is 5.24. The van der Waals surface area contributed by atoms with Gasteiger partial charge in [0, 0.05) is 11.4 Å². The van der Waals surface area contributed by atoms with E-state index in [0.29, 0.717) is 10.8 Å². The molecule has 0 bridgehead atoms. The van der Waals surface area contributed by atoms with Gasteiger partial charge in [0.2, 0.25) is 0 Å². The molecule has 0 aliphatic carbocycles. The number of esters is 1. The minimum absolute atomic E-state index is 0.0539. The summed E-state index contributed by atoms with van der Waals surface area (Å²) < 4.78 is 25.0. The maximum atomic E-state index is 14.1. The van der Waals surface area contributed by atoms with Crippen molar-refractivity contribution in [1.29, 1.82) is 0 Å². The van der Waals surface area contributed by atoms with E-state index in [1.807, 2.05) is 19.9 Å². The summed E-state index contributed by atoms with van der Waals surface area (Å²) in [5.41, 5.74) is 2.15. The van der Waals surface area contributed by atoms with E-state index in [0.717, 1.165) is 17.5 Å². The maximum absolute atomic E-state index is 14.1. The maximum Gasteiger partial charge on any atom is 0.310 e. The fourth-order valence-corrected chi connectivity index (χ4v) is 2.56. The molecule has 0 aliphatic rings. The predicted molar refractivity (Wildman–Crippen MR) is 92.2 cm³/mol. The van der Waals surface area contributed by atoms with Crippen LogP contribution in [-0.4, -0.2) is 5.97 Å². The molecule has 0 saturated heterocycles. The first-order chi connectivity index (χ1) is 11.5. The monoisotopic (exact) mass is 350 g/mol. The topological polar surface area (TPSA) is 35.5 Å². The van der Waals surface area contributed by atoms with Crippen molar-refractivity contribution in [2.24, 2.45) is 0 Å². The second-order valence-electron chi connectivity index (χ2n) is 5.40. The van der Waals surface area contributed by atoms with Crippen molar-refractivity contribution in [3.63, 3.8) is 0 Å². The van der Waals surface area contributed by atoms with Gasteiger partial charge in [0.05, 0.1) is 5.56 Å². The largest absolute Gasteiger partial charge is 0.488 e. The normalized spacial score (nSPS) is 10.5. The Bertz CT molecular complexity index is 744. The van der Waals surface area contributed by atoms with E-state index in [-0.39, 0.29) is 24.3 Å². The molecule has 128 valence electrons. The van der Waals surface area contributed by atoms with Crippen molar-refractivity contribution < 1.29 is 18.7 Å². The zero-order chi connectivity index (χ0) is 17.7. The van der Waals surface area contributed by atoms with Crippen LogP contribution in [0, 0.1) is 12.7 Å². The van der Waals surface area contributed by atoms with Crippen molar-refractivity contribution >= 4 is 17.6 Å². The first-order valence-corrected chi connectivity index (χ1v) is 8.23. The number of benzene rings is 2. The van der Waals surface area contributed by atoms with E-state index < -0.39 is 11.8 Å². The Balaban J connectivity index is 2.23. The molecule has 0 aromatic heterocycles. The molecule has 0 N–H and O–H groups in total. The smallest absolute Gasteiger partial charge is 0.310 e. The standard InChI is InChI=1S/C19H20ClFO3/c1-4-13-9-12(3)18(10-15(13)20)23-11-14-16(21)7-6-8-17(14)24-19(22)5-2/h6-10H,4-5,11H2,1-3H3. The van der Waals surface area contributed by atoms with Crippen LogP contribution in [-0.2, 0) is 17.8 Å². The number of rotatable bonds is 6. The fraction of sp³-hybridized carbons (Fsp3) is 0.316. The van der Waals surface area contributed by atoms with E-state index in [4.69, 9.17) is 21.1 Å². The van der Waals surface area contributed by atoms with Crippen LogP contribution in [0.4, 0.5) is 4.39 Å². The van der Waals surface area contributed by atoms with Gasteiger partial charge in [-0.15, -0.1) is 0 Å². The summed E-state index contributed by atoms with van der Waals surface area (Å²) >= 11 is 6.21. The fourth-order valence-electron chi connectivity index (χ4n) is 2.27. The molecule has 0 fully saturated rings. The van der Waals surface area contributed by atoms with Gasteiger partial charge in [-0.05, 0) is 42.7 Å². The first kappa shape index (κ1) is 18.3. The highest BCUT2D eigenvalue weighted by Crippen LogP contribution is 2.29. The van der Waals surface area contributed by atoms with E-state index in [9.17, 15) is 9.18 Å². The summed E-state index contributed by atoms with van der Waals surface area (Å²) in [7, 11) is 0. The summed E-state index contributed by atoms with van der Waals surface area (Å²) in [6.07, 6.45) is 1.04. The van der Waals surface area contributed by atoms with Crippen LogP contribution in [0.1, 0.15) is 37.0 Å². The third-order valence-corrected chi connectivity index (χ3v) is 4.04. The molecule has 2 aromatic rings. The van der Waals surface area contributed by atoms with Gasteiger partial charge in [-0.25, -0.2) is 4.39 Å². The molecule has 0 spiro atoms. The number of hydrogen-bond acceptors (Lipinski definition) is 3. The zero-order valence-corrected chi connectivity index (χ0v) is 14.7. The van der Waals surface area contributed by atoms with Crippen LogP contribution in [0.25, 0.3) is 0 Å². The number of halogens is 2. The Kier molecular flexibility index (Phi) is 6.21. The lowest BCUT2D eigenvalue weighted by Crippen LogP contribution is -2.10. The van der Waals surface area contributed by atoms with Gasteiger partial charge in [-0.3, -0.25) is 4.79 Å². The Labute approximate surface area is 146 Å². The molecule has 0 unspecified atom stereocenters. The van der Waals surface area contributed by atoms with E-state index >= 15 is 0 Å². The third kappa shape index (κ3) is 4.26. The lowest BCUT2D eigenvalue weighted by Gasteiger charge is -2.14. The highest BCUT2D eigenvalue weighted by molar-refractivity contribution is 6.31. The van der Waals surface area contributed by atoms with Gasteiger partial charge in [0.15, 0.2) is 0 Å². The molecule has 5 heteroatoms. The van der Waals surface area contributed by atoms with Gasteiger partial charge in [-0.2, -0.15) is 0 Å². The summed E-state index contributed by atoms with van der Waals surface area (Å²) in [5, 5.41) is 0.615. The first-order valence-electron chi connectivity index (χ1n) is 7.86. The van der Waals surface area contributed by atoms with Crippen LogP contribution in [0.5, 0.6) is 11.5 Å². The lowest BCUT2D eigenvalue weighted by atomic mass is 10.1. The van der Waals surface area contributed by atoms with Crippen LogP contribution >= 0.6 is 11.6 Å². The van der Waals surface area contributed by atoms with Crippen molar-refractivity contribution in [3.05, 3.63) is 57.9 Å². The van der Waals surface area contributed by atoms with Gasteiger partial charge < -0.3 is 9.47 Å². The average Bonchev–Trinajstić information content (AvgIpc) is 2.56. The zero-order valence-electron chi connectivity index (χ0n) is 14.0. The number of aryl methyl sites for hydroxylation is 2. The molecule has 3 nitrogen and oxygen atoms in total. The molecule has 0 amide bonds. The molecule has 0 heterocycles. The van der Waals surface area contributed by atoms with Gasteiger partial charge in [0.1, 0.15) is 23.9 Å². The van der Waals surface area contributed by atoms with Crippen LogP contribution < -0.4 is 9.47 Å². The minimum Gasteiger partial charge on any atom is -0.488 e. The molecule has 0 saturated carbocycles. The van der Waals surface area contributed by atoms with Crippen molar-refractivity contribution in [2.75, 3.05) is 0 Å². The number of carbonyl (C=O) groups is 1. The highest BCUT2D eigenvalue weighted by Gasteiger charge is 2.14. The van der Waals surface area contributed by atoms with E-state index in [1.165, 1.54) is 12.1 Å². The molecule has 2 rings (SSSR count). The van der Waals surface area contributed by atoms with Crippen molar-refractivity contribution in [2.45, 2.75) is 40.2 Å². The lowest BCUT2D eigenvalue weighted by molar-refractivity contribution is -0.134. The molecule has 2 aromatic carbocycles. The average molecular weight is 351 g/mol. The van der Waals surface area contributed by atoms with E-state index in [1.54, 1.807) is 19.1 Å². The Morgan fingerprint density at radius 3 is 2.62 bits per heavy atom. The third-order valence-electron chi connectivity index (χ3n) is 3.69. The minimum atomic E-state index is -0.481. The quantitative estimate of drug-likeness (QED) is 0.527. The SMILES string of the molecule is CCC(=O)Oc1cccc(F)c1COc1cc(Cl)c(CC)cc1C. The van der Waals surface area contributed by atoms with Gasteiger partial charge in [-0.1, -0.05) is 37.6 Å². The number of ether oxygens (including phenoxy) is 2. The second kappa shape index (κ2) is 8.15.